The second-order valence-electron chi connectivity index (χ2n) is 3.94. The third kappa shape index (κ3) is 3.52. The second kappa shape index (κ2) is 5.72. The molecule has 0 aliphatic heterocycles. The highest BCUT2D eigenvalue weighted by molar-refractivity contribution is 7.99. The van der Waals surface area contributed by atoms with Gasteiger partial charge in [-0.1, -0.05) is 23.9 Å². The quantitative estimate of drug-likeness (QED) is 0.882. The van der Waals surface area contributed by atoms with Gasteiger partial charge in [-0.25, -0.2) is 9.37 Å². The Morgan fingerprint density at radius 1 is 1.14 bits per heavy atom. The molecule has 0 bridgehead atoms. The molecule has 1 amide bonds. The van der Waals surface area contributed by atoms with E-state index in [4.69, 9.17) is 5.73 Å². The summed E-state index contributed by atoms with van der Waals surface area (Å²) in [5.74, 6) is -1.56. The van der Waals surface area contributed by atoms with E-state index in [1.54, 1.807) is 0 Å². The van der Waals surface area contributed by atoms with E-state index < -0.39 is 23.6 Å². The minimum Gasteiger partial charge on any atom is -0.366 e. The number of benzene rings is 1. The van der Waals surface area contributed by atoms with Crippen LogP contribution in [0.2, 0.25) is 0 Å². The number of halogens is 4. The van der Waals surface area contributed by atoms with Crippen molar-refractivity contribution in [2.75, 3.05) is 0 Å². The maximum atomic E-state index is 13.6. The van der Waals surface area contributed by atoms with Crippen molar-refractivity contribution in [1.82, 2.24) is 4.98 Å². The molecule has 0 spiro atoms. The van der Waals surface area contributed by atoms with Crippen LogP contribution in [0.15, 0.2) is 46.3 Å². The molecule has 3 nitrogen and oxygen atoms in total. The Balaban J connectivity index is 2.49. The van der Waals surface area contributed by atoms with Crippen molar-refractivity contribution >= 4 is 17.7 Å². The standard InChI is InChI=1S/C13H8F4N2OS/c14-8-3-1-2-4-9(8)21-12-7(11(18)20)5-6-10(19-12)13(15,16)17/h1-6H,(H2,18,20). The van der Waals surface area contributed by atoms with Crippen LogP contribution in [0, 0.1) is 5.82 Å². The van der Waals surface area contributed by atoms with Crippen LogP contribution < -0.4 is 5.73 Å². The first-order valence-electron chi connectivity index (χ1n) is 5.59. The van der Waals surface area contributed by atoms with Crippen molar-refractivity contribution in [2.45, 2.75) is 16.1 Å². The summed E-state index contributed by atoms with van der Waals surface area (Å²) in [6.45, 7) is 0. The van der Waals surface area contributed by atoms with Crippen LogP contribution in [-0.2, 0) is 6.18 Å². The fourth-order valence-electron chi connectivity index (χ4n) is 1.50. The lowest BCUT2D eigenvalue weighted by molar-refractivity contribution is -0.141. The summed E-state index contributed by atoms with van der Waals surface area (Å²) in [7, 11) is 0. The summed E-state index contributed by atoms with van der Waals surface area (Å²) in [6, 6.07) is 7.07. The van der Waals surface area contributed by atoms with Crippen molar-refractivity contribution in [3.63, 3.8) is 0 Å². The monoisotopic (exact) mass is 316 g/mol. The van der Waals surface area contributed by atoms with E-state index in [9.17, 15) is 22.4 Å². The number of nitrogens with two attached hydrogens (primary N) is 1. The van der Waals surface area contributed by atoms with Gasteiger partial charge in [0.25, 0.3) is 5.91 Å². The molecular formula is C13H8F4N2OS. The van der Waals surface area contributed by atoms with Crippen LogP contribution in [0.1, 0.15) is 16.1 Å². The van der Waals surface area contributed by atoms with Crippen LogP contribution in [0.3, 0.4) is 0 Å². The predicted molar refractivity (Wildman–Crippen MR) is 68.3 cm³/mol. The second-order valence-corrected chi connectivity index (χ2v) is 4.97. The molecule has 0 saturated carbocycles. The number of pyridine rings is 1. The third-order valence-electron chi connectivity index (χ3n) is 2.46. The van der Waals surface area contributed by atoms with Gasteiger partial charge in [-0.2, -0.15) is 13.2 Å². The lowest BCUT2D eigenvalue weighted by atomic mass is 10.2. The Labute approximate surface area is 121 Å². The molecule has 1 aromatic carbocycles. The van der Waals surface area contributed by atoms with E-state index in [-0.39, 0.29) is 15.5 Å². The predicted octanol–water partition coefficient (Wildman–Crippen LogP) is 3.49. The highest BCUT2D eigenvalue weighted by Crippen LogP contribution is 2.34. The molecule has 0 saturated heterocycles. The molecule has 110 valence electrons. The summed E-state index contributed by atoms with van der Waals surface area (Å²) in [4.78, 5) is 14.7. The average molecular weight is 316 g/mol. The van der Waals surface area contributed by atoms with Crippen LogP contribution >= 0.6 is 11.8 Å². The fourth-order valence-corrected chi connectivity index (χ4v) is 2.44. The van der Waals surface area contributed by atoms with Crippen molar-refractivity contribution in [2.24, 2.45) is 5.73 Å². The van der Waals surface area contributed by atoms with E-state index in [0.29, 0.717) is 17.8 Å². The highest BCUT2D eigenvalue weighted by Gasteiger charge is 2.33. The third-order valence-corrected chi connectivity index (χ3v) is 3.52. The topological polar surface area (TPSA) is 56.0 Å². The van der Waals surface area contributed by atoms with Crippen molar-refractivity contribution in [1.29, 1.82) is 0 Å². The first kappa shape index (κ1) is 15.3. The van der Waals surface area contributed by atoms with E-state index in [2.05, 4.69) is 4.98 Å². The number of alkyl halides is 3. The summed E-state index contributed by atoms with van der Waals surface area (Å²) >= 11 is 0.612. The number of carbonyl (C=O) groups excluding carboxylic acids is 1. The lowest BCUT2D eigenvalue weighted by Crippen LogP contribution is -2.16. The van der Waals surface area contributed by atoms with Gasteiger partial charge in [-0.05, 0) is 24.3 Å². The molecule has 21 heavy (non-hydrogen) atoms. The van der Waals surface area contributed by atoms with Crippen molar-refractivity contribution in [3.05, 3.63) is 53.5 Å². The first-order chi connectivity index (χ1) is 9.79. The van der Waals surface area contributed by atoms with Gasteiger partial charge in [0.2, 0.25) is 0 Å². The molecule has 0 atom stereocenters. The molecule has 2 rings (SSSR count). The zero-order valence-corrected chi connectivity index (χ0v) is 11.1. The Bertz CT molecular complexity index is 688. The van der Waals surface area contributed by atoms with Crippen LogP contribution in [-0.4, -0.2) is 10.9 Å². The molecule has 1 aromatic heterocycles. The number of aromatic nitrogens is 1. The normalized spacial score (nSPS) is 11.4. The Morgan fingerprint density at radius 2 is 1.81 bits per heavy atom. The maximum absolute atomic E-state index is 13.6. The average Bonchev–Trinajstić information content (AvgIpc) is 2.40. The minimum atomic E-state index is -4.67. The Morgan fingerprint density at radius 3 is 2.38 bits per heavy atom. The minimum absolute atomic E-state index is 0.0480. The fraction of sp³-hybridized carbons (Fsp3) is 0.0769. The zero-order valence-electron chi connectivity index (χ0n) is 10.3. The molecule has 2 N–H and O–H groups in total. The van der Waals surface area contributed by atoms with E-state index in [1.807, 2.05) is 0 Å². The molecule has 0 fully saturated rings. The number of hydrogen-bond acceptors (Lipinski definition) is 3. The van der Waals surface area contributed by atoms with Crippen molar-refractivity contribution in [3.8, 4) is 0 Å². The van der Waals surface area contributed by atoms with E-state index in [0.717, 1.165) is 12.1 Å². The summed E-state index contributed by atoms with van der Waals surface area (Å²) in [6.07, 6.45) is -4.67. The van der Waals surface area contributed by atoms with Gasteiger partial charge >= 0.3 is 6.18 Å². The summed E-state index contributed by atoms with van der Waals surface area (Å²) < 4.78 is 51.5. The van der Waals surface area contributed by atoms with Crippen LogP contribution in [0.25, 0.3) is 0 Å². The SMILES string of the molecule is NC(=O)c1ccc(C(F)(F)F)nc1Sc1ccccc1F. The molecule has 0 radical (unpaired) electrons. The van der Waals surface area contributed by atoms with Gasteiger partial charge < -0.3 is 5.73 Å². The Hall–Kier alpha value is -2.09. The number of carbonyl (C=O) groups is 1. The number of primary amides is 1. The molecule has 0 aliphatic rings. The van der Waals surface area contributed by atoms with Gasteiger partial charge in [0, 0.05) is 4.90 Å². The molecule has 8 heteroatoms. The highest BCUT2D eigenvalue weighted by atomic mass is 32.2. The molecular weight excluding hydrogens is 308 g/mol. The summed E-state index contributed by atoms with van der Waals surface area (Å²) in [5.41, 5.74) is 3.73. The van der Waals surface area contributed by atoms with Gasteiger partial charge in [0.1, 0.15) is 16.5 Å². The van der Waals surface area contributed by atoms with Crippen molar-refractivity contribution < 1.29 is 22.4 Å². The smallest absolute Gasteiger partial charge is 0.366 e. The van der Waals surface area contributed by atoms with Crippen LogP contribution in [0.5, 0.6) is 0 Å². The number of amides is 1. The lowest BCUT2D eigenvalue weighted by Gasteiger charge is -2.10. The molecule has 2 aromatic rings. The first-order valence-corrected chi connectivity index (χ1v) is 6.41. The maximum Gasteiger partial charge on any atom is 0.433 e. The number of nitrogens with zero attached hydrogens (tertiary/aromatic N) is 1. The van der Waals surface area contributed by atoms with Gasteiger partial charge in [-0.15, -0.1) is 0 Å². The van der Waals surface area contributed by atoms with Gasteiger partial charge in [0.15, 0.2) is 0 Å². The van der Waals surface area contributed by atoms with Crippen LogP contribution in [0.4, 0.5) is 17.6 Å². The molecule has 0 aliphatic carbocycles. The zero-order chi connectivity index (χ0) is 15.6. The number of rotatable bonds is 3. The van der Waals surface area contributed by atoms with E-state index >= 15 is 0 Å². The van der Waals surface area contributed by atoms with Gasteiger partial charge in [-0.3, -0.25) is 4.79 Å². The Kier molecular flexibility index (Phi) is 4.17. The molecule has 1 heterocycles. The molecule has 0 unspecified atom stereocenters. The van der Waals surface area contributed by atoms with E-state index in [1.165, 1.54) is 18.2 Å². The number of hydrogen-bond donors (Lipinski definition) is 1. The largest absolute Gasteiger partial charge is 0.433 e. The van der Waals surface area contributed by atoms with Gasteiger partial charge in [0.05, 0.1) is 5.56 Å². The summed E-state index contributed by atoms with van der Waals surface area (Å²) in [5, 5.41) is -0.289.